The maximum atomic E-state index is 13.4. The molecule has 188 valence electrons. The number of rotatable bonds is 11. The van der Waals surface area contributed by atoms with Gasteiger partial charge in [0, 0.05) is 26.1 Å². The molecule has 1 aliphatic heterocycles. The van der Waals surface area contributed by atoms with Crippen LogP contribution in [0, 0.1) is 0 Å². The van der Waals surface area contributed by atoms with E-state index in [1.807, 2.05) is 19.9 Å². The molecular formula is C25H31N3O6S. The quantitative estimate of drug-likeness (QED) is 0.506. The Morgan fingerprint density at radius 2 is 1.86 bits per heavy atom. The van der Waals surface area contributed by atoms with Crippen LogP contribution in [0.3, 0.4) is 0 Å². The van der Waals surface area contributed by atoms with Gasteiger partial charge in [-0.3, -0.25) is 14.4 Å². The predicted molar refractivity (Wildman–Crippen MR) is 130 cm³/mol. The molecule has 0 saturated carbocycles. The van der Waals surface area contributed by atoms with Crippen LogP contribution >= 0.6 is 0 Å². The van der Waals surface area contributed by atoms with E-state index < -0.39 is 27.9 Å². The summed E-state index contributed by atoms with van der Waals surface area (Å²) in [6.45, 7) is 4.06. The summed E-state index contributed by atoms with van der Waals surface area (Å²) < 4.78 is 31.7. The van der Waals surface area contributed by atoms with E-state index in [1.165, 1.54) is 17.0 Å². The highest BCUT2D eigenvalue weighted by Crippen LogP contribution is 2.30. The maximum absolute atomic E-state index is 13.4. The molecule has 0 aromatic heterocycles. The van der Waals surface area contributed by atoms with E-state index in [2.05, 4.69) is 5.32 Å². The van der Waals surface area contributed by atoms with Crippen LogP contribution in [-0.4, -0.2) is 61.6 Å². The molecule has 0 bridgehead atoms. The molecule has 1 N–H and O–H groups in total. The van der Waals surface area contributed by atoms with E-state index >= 15 is 0 Å². The maximum Gasteiger partial charge on any atom is 0.269 e. The number of nitrogens with zero attached hydrogens (tertiary/aromatic N) is 2. The van der Waals surface area contributed by atoms with Gasteiger partial charge in [-0.1, -0.05) is 38.1 Å². The van der Waals surface area contributed by atoms with Gasteiger partial charge in [-0.05, 0) is 42.7 Å². The Morgan fingerprint density at radius 1 is 1.11 bits per heavy atom. The standard InChI is InChI=1S/C25H31N3O6S/c1-4-14-26-24(30)21(5-2)27(17-18-9-8-10-19(16-18)34-3)23(29)13-15-28-25(31)20-11-6-7-12-22(20)35(28,32)33/h6-12,16,21H,4-5,13-15,17H2,1-3H3,(H,26,30)/t21-/m1/s1. The fourth-order valence-corrected chi connectivity index (χ4v) is 5.62. The number of ether oxygens (including phenoxy) is 1. The summed E-state index contributed by atoms with van der Waals surface area (Å²) in [6, 6.07) is 12.4. The summed E-state index contributed by atoms with van der Waals surface area (Å²) in [4.78, 5) is 40.4. The minimum Gasteiger partial charge on any atom is -0.497 e. The molecule has 0 fully saturated rings. The average molecular weight is 502 g/mol. The lowest BCUT2D eigenvalue weighted by molar-refractivity contribution is -0.141. The van der Waals surface area contributed by atoms with Gasteiger partial charge >= 0.3 is 0 Å². The van der Waals surface area contributed by atoms with Crippen molar-refractivity contribution in [3.8, 4) is 5.75 Å². The molecule has 9 nitrogen and oxygen atoms in total. The van der Waals surface area contributed by atoms with E-state index in [0.717, 1.165) is 16.3 Å². The van der Waals surface area contributed by atoms with Crippen molar-refractivity contribution in [2.45, 2.75) is 50.6 Å². The normalized spacial score (nSPS) is 14.8. The van der Waals surface area contributed by atoms with Gasteiger partial charge in [0.15, 0.2) is 0 Å². The number of carbonyl (C=O) groups is 3. The number of hydrogen-bond acceptors (Lipinski definition) is 6. The molecule has 0 spiro atoms. The number of benzene rings is 2. The molecule has 35 heavy (non-hydrogen) atoms. The molecule has 0 radical (unpaired) electrons. The molecule has 3 amide bonds. The zero-order valence-electron chi connectivity index (χ0n) is 20.2. The molecule has 1 heterocycles. The lowest BCUT2D eigenvalue weighted by Gasteiger charge is -2.31. The number of hydrogen-bond donors (Lipinski definition) is 1. The van der Waals surface area contributed by atoms with Gasteiger partial charge in [0.25, 0.3) is 15.9 Å². The van der Waals surface area contributed by atoms with E-state index in [0.29, 0.717) is 18.7 Å². The molecule has 2 aromatic carbocycles. The monoisotopic (exact) mass is 501 g/mol. The van der Waals surface area contributed by atoms with Gasteiger partial charge in [0.05, 0.1) is 12.7 Å². The van der Waals surface area contributed by atoms with Crippen molar-refractivity contribution in [2.24, 2.45) is 0 Å². The zero-order valence-corrected chi connectivity index (χ0v) is 21.0. The van der Waals surface area contributed by atoms with Crippen molar-refractivity contribution < 1.29 is 27.5 Å². The summed E-state index contributed by atoms with van der Waals surface area (Å²) in [7, 11) is -2.48. The molecule has 2 aromatic rings. The van der Waals surface area contributed by atoms with E-state index in [-0.39, 0.29) is 35.9 Å². The van der Waals surface area contributed by atoms with E-state index in [4.69, 9.17) is 4.74 Å². The highest BCUT2D eigenvalue weighted by Gasteiger charge is 2.41. The Balaban J connectivity index is 1.83. The molecule has 1 atom stereocenters. The van der Waals surface area contributed by atoms with Gasteiger partial charge in [-0.15, -0.1) is 0 Å². The van der Waals surface area contributed by atoms with Crippen LogP contribution in [0.1, 0.15) is 49.0 Å². The molecule has 3 rings (SSSR count). The Morgan fingerprint density at radius 3 is 2.51 bits per heavy atom. The fourth-order valence-electron chi connectivity index (χ4n) is 4.05. The molecule has 1 aliphatic rings. The number of amides is 3. The third kappa shape index (κ3) is 5.64. The average Bonchev–Trinajstić information content (AvgIpc) is 3.06. The zero-order chi connectivity index (χ0) is 25.6. The predicted octanol–water partition coefficient (Wildman–Crippen LogP) is 2.56. The van der Waals surface area contributed by atoms with Crippen molar-refractivity contribution in [3.63, 3.8) is 0 Å². The SMILES string of the molecule is CCCNC(=O)[C@@H](CC)N(Cc1cccc(OC)c1)C(=O)CCN1C(=O)c2ccccc2S1(=O)=O. The Kier molecular flexibility index (Phi) is 8.50. The van der Waals surface area contributed by atoms with Gasteiger partial charge in [0.2, 0.25) is 11.8 Å². The van der Waals surface area contributed by atoms with Crippen LogP contribution in [0.5, 0.6) is 5.75 Å². The number of fused-ring (bicyclic) bond motifs is 1. The lowest BCUT2D eigenvalue weighted by atomic mass is 10.1. The summed E-state index contributed by atoms with van der Waals surface area (Å²) in [5.41, 5.74) is 0.857. The Hall–Kier alpha value is -3.40. The third-order valence-electron chi connectivity index (χ3n) is 5.86. The number of sulfonamides is 1. The topological polar surface area (TPSA) is 113 Å². The highest BCUT2D eigenvalue weighted by atomic mass is 32.2. The number of carbonyl (C=O) groups excluding carboxylic acids is 3. The minimum absolute atomic E-state index is 0.0592. The van der Waals surface area contributed by atoms with Crippen LogP contribution < -0.4 is 10.1 Å². The Labute approximate surface area is 206 Å². The lowest BCUT2D eigenvalue weighted by Crippen LogP contribution is -2.49. The van der Waals surface area contributed by atoms with Crippen molar-refractivity contribution in [1.82, 2.24) is 14.5 Å². The largest absolute Gasteiger partial charge is 0.497 e. The molecule has 0 unspecified atom stereocenters. The van der Waals surface area contributed by atoms with E-state index in [1.54, 1.807) is 37.4 Å². The molecular weight excluding hydrogens is 470 g/mol. The molecule has 10 heteroatoms. The van der Waals surface area contributed by atoms with Gasteiger partial charge < -0.3 is 15.0 Å². The summed E-state index contributed by atoms with van der Waals surface area (Å²) >= 11 is 0. The first-order chi connectivity index (χ1) is 16.7. The second-order valence-corrected chi connectivity index (χ2v) is 10.0. The highest BCUT2D eigenvalue weighted by molar-refractivity contribution is 7.90. The van der Waals surface area contributed by atoms with Crippen LogP contribution in [0.4, 0.5) is 0 Å². The molecule has 0 saturated heterocycles. The van der Waals surface area contributed by atoms with Crippen molar-refractivity contribution in [3.05, 3.63) is 59.7 Å². The first-order valence-corrected chi connectivity index (χ1v) is 13.0. The van der Waals surface area contributed by atoms with Gasteiger partial charge in [-0.2, -0.15) is 0 Å². The minimum atomic E-state index is -4.02. The summed E-state index contributed by atoms with van der Waals surface area (Å²) in [6.07, 6.45) is 0.875. The Bertz CT molecular complexity index is 1200. The smallest absolute Gasteiger partial charge is 0.269 e. The van der Waals surface area contributed by atoms with Crippen LogP contribution in [-0.2, 0) is 26.2 Å². The number of methoxy groups -OCH3 is 1. The molecule has 0 aliphatic carbocycles. The third-order valence-corrected chi connectivity index (χ3v) is 7.70. The summed E-state index contributed by atoms with van der Waals surface area (Å²) in [5, 5.41) is 2.84. The second kappa shape index (κ2) is 11.4. The van der Waals surface area contributed by atoms with Crippen molar-refractivity contribution in [2.75, 3.05) is 20.2 Å². The number of nitrogens with one attached hydrogen (secondary N) is 1. The first-order valence-electron chi connectivity index (χ1n) is 11.6. The van der Waals surface area contributed by atoms with E-state index in [9.17, 15) is 22.8 Å². The second-order valence-electron chi connectivity index (χ2n) is 8.22. The summed E-state index contributed by atoms with van der Waals surface area (Å²) in [5.74, 6) is -0.737. The van der Waals surface area contributed by atoms with Crippen LogP contribution in [0.25, 0.3) is 0 Å². The van der Waals surface area contributed by atoms with Gasteiger partial charge in [0.1, 0.15) is 16.7 Å². The first kappa shape index (κ1) is 26.2. The van der Waals surface area contributed by atoms with Crippen LogP contribution in [0.15, 0.2) is 53.4 Å². The van der Waals surface area contributed by atoms with Crippen molar-refractivity contribution in [1.29, 1.82) is 0 Å². The van der Waals surface area contributed by atoms with Gasteiger partial charge in [-0.25, -0.2) is 12.7 Å². The fraction of sp³-hybridized carbons (Fsp3) is 0.400. The van der Waals surface area contributed by atoms with Crippen molar-refractivity contribution >= 4 is 27.7 Å². The van der Waals surface area contributed by atoms with Crippen LogP contribution in [0.2, 0.25) is 0 Å².